The first-order valence-corrected chi connectivity index (χ1v) is 8.30. The second-order valence-electron chi connectivity index (χ2n) is 6.19. The van der Waals surface area contributed by atoms with E-state index in [4.69, 9.17) is 15.2 Å². The van der Waals surface area contributed by atoms with Gasteiger partial charge in [-0.1, -0.05) is 18.2 Å². The van der Waals surface area contributed by atoms with Crippen molar-refractivity contribution < 1.29 is 9.47 Å². The van der Waals surface area contributed by atoms with Crippen LogP contribution in [0.2, 0.25) is 0 Å². The van der Waals surface area contributed by atoms with E-state index in [0.29, 0.717) is 6.04 Å². The summed E-state index contributed by atoms with van der Waals surface area (Å²) < 4.78 is 11.4. The number of likely N-dealkylation sites (tertiary alicyclic amines) is 1. The molecule has 1 aromatic carbocycles. The summed E-state index contributed by atoms with van der Waals surface area (Å²) in [7, 11) is 0. The quantitative estimate of drug-likeness (QED) is 0.847. The molecule has 0 spiro atoms. The molecule has 122 valence electrons. The minimum atomic E-state index is 0.328. The fourth-order valence-corrected chi connectivity index (χ4v) is 3.13. The van der Waals surface area contributed by atoms with Gasteiger partial charge in [-0.05, 0) is 12.5 Å². The lowest BCUT2D eigenvalue weighted by atomic mass is 10.2. The molecule has 22 heavy (non-hydrogen) atoms. The van der Waals surface area contributed by atoms with Gasteiger partial charge in [0.1, 0.15) is 12.4 Å². The summed E-state index contributed by atoms with van der Waals surface area (Å²) in [5.74, 6) is 1.01. The van der Waals surface area contributed by atoms with Crippen molar-refractivity contribution in [3.8, 4) is 5.75 Å². The van der Waals surface area contributed by atoms with Crippen LogP contribution in [0.3, 0.4) is 0 Å². The molecular formula is C17H27N3O2. The molecule has 2 N–H and O–H groups in total. The fourth-order valence-electron chi connectivity index (χ4n) is 3.13. The summed E-state index contributed by atoms with van der Waals surface area (Å²) in [6.07, 6.45) is 1.10. The van der Waals surface area contributed by atoms with E-state index in [1.807, 2.05) is 6.07 Å². The molecule has 2 aliphatic rings. The molecule has 2 heterocycles. The average Bonchev–Trinajstić information content (AvgIpc) is 2.95. The number of morpholine rings is 1. The van der Waals surface area contributed by atoms with Crippen LogP contribution in [0.1, 0.15) is 12.0 Å². The van der Waals surface area contributed by atoms with Crippen molar-refractivity contribution in [3.63, 3.8) is 0 Å². The molecule has 2 saturated heterocycles. The van der Waals surface area contributed by atoms with Crippen LogP contribution in [0.5, 0.6) is 5.75 Å². The summed E-state index contributed by atoms with van der Waals surface area (Å²) in [4.78, 5) is 4.81. The van der Waals surface area contributed by atoms with Crippen molar-refractivity contribution in [2.75, 3.05) is 52.5 Å². The maximum atomic E-state index is 6.04. The molecule has 0 aromatic heterocycles. The van der Waals surface area contributed by atoms with Crippen LogP contribution >= 0.6 is 0 Å². The Balaban J connectivity index is 1.50. The summed E-state index contributed by atoms with van der Waals surface area (Å²) in [5, 5.41) is 0. The lowest BCUT2D eigenvalue weighted by Crippen LogP contribution is -2.38. The number of nitrogens with two attached hydrogens (primary N) is 1. The Hall–Kier alpha value is -1.14. The van der Waals surface area contributed by atoms with Crippen molar-refractivity contribution in [2.24, 2.45) is 5.73 Å². The highest BCUT2D eigenvalue weighted by molar-refractivity contribution is 5.33. The second kappa shape index (κ2) is 7.92. The van der Waals surface area contributed by atoms with E-state index in [1.165, 1.54) is 5.56 Å². The molecule has 5 heteroatoms. The molecule has 0 amide bonds. The van der Waals surface area contributed by atoms with Crippen LogP contribution in [0.15, 0.2) is 24.3 Å². The third kappa shape index (κ3) is 4.43. The zero-order chi connectivity index (χ0) is 15.2. The van der Waals surface area contributed by atoms with Crippen LogP contribution in [0, 0.1) is 0 Å². The largest absolute Gasteiger partial charge is 0.492 e. The topological polar surface area (TPSA) is 51.0 Å². The Labute approximate surface area is 133 Å². The monoisotopic (exact) mass is 305 g/mol. The minimum Gasteiger partial charge on any atom is -0.492 e. The third-order valence-corrected chi connectivity index (χ3v) is 4.44. The lowest BCUT2D eigenvalue weighted by Gasteiger charge is -2.26. The Bertz CT molecular complexity index is 463. The maximum Gasteiger partial charge on any atom is 0.123 e. The van der Waals surface area contributed by atoms with Crippen LogP contribution < -0.4 is 10.5 Å². The second-order valence-corrected chi connectivity index (χ2v) is 6.19. The first-order valence-electron chi connectivity index (χ1n) is 8.30. The Morgan fingerprint density at radius 2 is 1.95 bits per heavy atom. The molecule has 1 aromatic rings. The summed E-state index contributed by atoms with van der Waals surface area (Å²) >= 11 is 0. The number of ether oxygens (including phenoxy) is 2. The predicted octanol–water partition coefficient (Wildman–Crippen LogP) is 0.931. The summed E-state index contributed by atoms with van der Waals surface area (Å²) in [6, 6.07) is 8.69. The van der Waals surface area contributed by atoms with E-state index in [0.717, 1.165) is 71.3 Å². The normalized spacial score (nSPS) is 23.8. The highest BCUT2D eigenvalue weighted by atomic mass is 16.5. The van der Waals surface area contributed by atoms with E-state index < -0.39 is 0 Å². The molecule has 0 saturated carbocycles. The average molecular weight is 305 g/mol. The van der Waals surface area contributed by atoms with Crippen molar-refractivity contribution >= 4 is 0 Å². The van der Waals surface area contributed by atoms with E-state index in [1.54, 1.807) is 0 Å². The fraction of sp³-hybridized carbons (Fsp3) is 0.647. The van der Waals surface area contributed by atoms with Gasteiger partial charge in [0, 0.05) is 50.9 Å². The molecular weight excluding hydrogens is 278 g/mol. The van der Waals surface area contributed by atoms with Crippen LogP contribution in [0.25, 0.3) is 0 Å². The van der Waals surface area contributed by atoms with Gasteiger partial charge in [0.15, 0.2) is 0 Å². The van der Waals surface area contributed by atoms with Gasteiger partial charge in [-0.2, -0.15) is 0 Å². The molecule has 1 atom stereocenters. The van der Waals surface area contributed by atoms with E-state index in [9.17, 15) is 0 Å². The minimum absolute atomic E-state index is 0.328. The van der Waals surface area contributed by atoms with E-state index in [-0.39, 0.29) is 0 Å². The summed E-state index contributed by atoms with van der Waals surface area (Å²) in [6.45, 7) is 8.40. The zero-order valence-corrected chi connectivity index (χ0v) is 13.2. The van der Waals surface area contributed by atoms with E-state index in [2.05, 4.69) is 28.0 Å². The number of nitrogens with zero attached hydrogens (tertiary/aromatic N) is 2. The Morgan fingerprint density at radius 3 is 2.73 bits per heavy atom. The number of hydrogen-bond donors (Lipinski definition) is 1. The Kier molecular flexibility index (Phi) is 5.67. The highest BCUT2D eigenvalue weighted by Gasteiger charge is 2.20. The maximum absolute atomic E-state index is 6.04. The van der Waals surface area contributed by atoms with Gasteiger partial charge in [-0.25, -0.2) is 0 Å². The van der Waals surface area contributed by atoms with Crippen molar-refractivity contribution in [1.29, 1.82) is 0 Å². The van der Waals surface area contributed by atoms with Gasteiger partial charge in [-0.15, -0.1) is 0 Å². The van der Waals surface area contributed by atoms with E-state index >= 15 is 0 Å². The van der Waals surface area contributed by atoms with Crippen molar-refractivity contribution in [3.05, 3.63) is 29.8 Å². The number of hydrogen-bond acceptors (Lipinski definition) is 5. The Morgan fingerprint density at radius 1 is 1.14 bits per heavy atom. The molecule has 2 aliphatic heterocycles. The molecule has 0 radical (unpaired) electrons. The van der Waals surface area contributed by atoms with Crippen LogP contribution in [0.4, 0.5) is 0 Å². The van der Waals surface area contributed by atoms with Crippen LogP contribution in [-0.2, 0) is 11.3 Å². The van der Waals surface area contributed by atoms with Gasteiger partial charge in [0.25, 0.3) is 0 Å². The SMILES string of the molecule is N[C@@H]1CCN(Cc2ccccc2OCCN2CCOCC2)C1. The molecule has 3 rings (SSSR count). The third-order valence-electron chi connectivity index (χ3n) is 4.44. The van der Waals surface area contributed by atoms with Gasteiger partial charge in [0.05, 0.1) is 13.2 Å². The molecule has 0 bridgehead atoms. The first-order chi connectivity index (χ1) is 10.8. The molecule has 5 nitrogen and oxygen atoms in total. The number of benzene rings is 1. The number of rotatable bonds is 6. The van der Waals surface area contributed by atoms with Gasteiger partial charge in [-0.3, -0.25) is 9.80 Å². The van der Waals surface area contributed by atoms with Crippen molar-refractivity contribution in [2.45, 2.75) is 19.0 Å². The van der Waals surface area contributed by atoms with Gasteiger partial charge >= 0.3 is 0 Å². The number of para-hydroxylation sites is 1. The molecule has 0 unspecified atom stereocenters. The lowest BCUT2D eigenvalue weighted by molar-refractivity contribution is 0.0321. The molecule has 2 fully saturated rings. The molecule has 0 aliphatic carbocycles. The zero-order valence-electron chi connectivity index (χ0n) is 13.2. The smallest absolute Gasteiger partial charge is 0.123 e. The predicted molar refractivity (Wildman–Crippen MR) is 87.1 cm³/mol. The standard InChI is InChI=1S/C17H27N3O2/c18-16-5-6-20(14-16)13-15-3-1-2-4-17(15)22-12-9-19-7-10-21-11-8-19/h1-4,16H,5-14,18H2/t16-/m1/s1. The van der Waals surface area contributed by atoms with Crippen LogP contribution in [-0.4, -0.2) is 68.4 Å². The highest BCUT2D eigenvalue weighted by Crippen LogP contribution is 2.21. The summed E-state index contributed by atoms with van der Waals surface area (Å²) in [5.41, 5.74) is 7.25. The van der Waals surface area contributed by atoms with Gasteiger partial charge < -0.3 is 15.2 Å². The van der Waals surface area contributed by atoms with Crippen molar-refractivity contribution in [1.82, 2.24) is 9.80 Å². The first kappa shape index (κ1) is 15.7. The van der Waals surface area contributed by atoms with Gasteiger partial charge in [0.2, 0.25) is 0 Å².